The van der Waals surface area contributed by atoms with Gasteiger partial charge in [-0.2, -0.15) is 0 Å². The van der Waals surface area contributed by atoms with E-state index in [2.05, 4.69) is 10.6 Å². The maximum Gasteiger partial charge on any atom is 0.319 e. The Kier molecular flexibility index (Phi) is 5.03. The lowest BCUT2D eigenvalue weighted by molar-refractivity contribution is 0.166. The molecule has 2 amide bonds. The lowest BCUT2D eigenvalue weighted by Crippen LogP contribution is -2.30. The summed E-state index contributed by atoms with van der Waals surface area (Å²) in [6.07, 6.45) is 2.75. The Bertz CT molecular complexity index is 540. The molecule has 2 rings (SSSR count). The van der Waals surface area contributed by atoms with Crippen molar-refractivity contribution in [2.75, 3.05) is 11.9 Å². The molecule has 0 bridgehead atoms. The van der Waals surface area contributed by atoms with Crippen LogP contribution in [-0.4, -0.2) is 17.7 Å². The monoisotopic (exact) mass is 294 g/mol. The lowest BCUT2D eigenvalue weighted by Gasteiger charge is -2.10. The van der Waals surface area contributed by atoms with E-state index >= 15 is 0 Å². The van der Waals surface area contributed by atoms with Gasteiger partial charge in [-0.3, -0.25) is 0 Å². The zero-order valence-electron chi connectivity index (χ0n) is 10.7. The molecule has 6 heteroatoms. The number of anilines is 1. The topological polar surface area (TPSA) is 74.5 Å². The van der Waals surface area contributed by atoms with Crippen LogP contribution in [0, 0.1) is 0 Å². The Balaban J connectivity index is 1.71. The Hall–Kier alpha value is -1.98. The SMILES string of the molecule is O=C(NCCC(O)c1ccoc1)Nc1ccc(Cl)cc1. The third-order valence-electron chi connectivity index (χ3n) is 2.73. The molecule has 3 N–H and O–H groups in total. The first-order valence-electron chi connectivity index (χ1n) is 6.16. The lowest BCUT2D eigenvalue weighted by atomic mass is 10.1. The fourth-order valence-corrected chi connectivity index (χ4v) is 1.79. The van der Waals surface area contributed by atoms with Crippen molar-refractivity contribution in [3.05, 3.63) is 53.4 Å². The molecular formula is C14H15ClN2O3. The molecule has 1 atom stereocenters. The van der Waals surface area contributed by atoms with Gasteiger partial charge in [0.05, 0.1) is 18.6 Å². The van der Waals surface area contributed by atoms with Crippen molar-refractivity contribution < 1.29 is 14.3 Å². The predicted octanol–water partition coefficient (Wildman–Crippen LogP) is 3.18. The van der Waals surface area contributed by atoms with E-state index in [9.17, 15) is 9.90 Å². The highest BCUT2D eigenvalue weighted by Gasteiger charge is 2.09. The van der Waals surface area contributed by atoms with Crippen molar-refractivity contribution in [1.82, 2.24) is 5.32 Å². The fraction of sp³-hybridized carbons (Fsp3) is 0.214. The number of amides is 2. The number of aliphatic hydroxyl groups is 1. The van der Waals surface area contributed by atoms with Crippen LogP contribution in [0.2, 0.25) is 5.02 Å². The molecule has 0 aliphatic carbocycles. The van der Waals surface area contributed by atoms with Crippen LogP contribution >= 0.6 is 11.6 Å². The fourth-order valence-electron chi connectivity index (χ4n) is 1.66. The molecule has 0 radical (unpaired) electrons. The molecule has 1 heterocycles. The van der Waals surface area contributed by atoms with Gasteiger partial charge < -0.3 is 20.2 Å². The summed E-state index contributed by atoms with van der Waals surface area (Å²) in [5.74, 6) is 0. The summed E-state index contributed by atoms with van der Waals surface area (Å²) in [7, 11) is 0. The third-order valence-corrected chi connectivity index (χ3v) is 2.99. The number of aliphatic hydroxyl groups excluding tert-OH is 1. The Morgan fingerprint density at radius 3 is 2.70 bits per heavy atom. The van der Waals surface area contributed by atoms with E-state index in [0.29, 0.717) is 29.2 Å². The van der Waals surface area contributed by atoms with Crippen LogP contribution in [0.25, 0.3) is 0 Å². The second-order valence-electron chi connectivity index (χ2n) is 4.25. The molecule has 1 aromatic carbocycles. The second kappa shape index (κ2) is 6.98. The average Bonchev–Trinajstić information content (AvgIpc) is 2.95. The van der Waals surface area contributed by atoms with E-state index in [1.54, 1.807) is 30.3 Å². The van der Waals surface area contributed by atoms with E-state index in [0.717, 1.165) is 0 Å². The van der Waals surface area contributed by atoms with Crippen molar-refractivity contribution in [2.24, 2.45) is 0 Å². The van der Waals surface area contributed by atoms with Crippen LogP contribution in [-0.2, 0) is 0 Å². The number of carbonyl (C=O) groups is 1. The number of carbonyl (C=O) groups excluding carboxylic acids is 1. The van der Waals surface area contributed by atoms with Gasteiger partial charge >= 0.3 is 6.03 Å². The zero-order valence-corrected chi connectivity index (χ0v) is 11.4. The third kappa shape index (κ3) is 4.29. The van der Waals surface area contributed by atoms with Gasteiger partial charge in [0.25, 0.3) is 0 Å². The van der Waals surface area contributed by atoms with Crippen molar-refractivity contribution in [3.8, 4) is 0 Å². The molecule has 1 aromatic heterocycles. The quantitative estimate of drug-likeness (QED) is 0.793. The molecular weight excluding hydrogens is 280 g/mol. The van der Waals surface area contributed by atoms with Crippen LogP contribution in [0.15, 0.2) is 47.3 Å². The number of nitrogens with one attached hydrogen (secondary N) is 2. The van der Waals surface area contributed by atoms with Crippen LogP contribution in [0.1, 0.15) is 18.1 Å². The number of hydrogen-bond donors (Lipinski definition) is 3. The maximum atomic E-state index is 11.6. The molecule has 0 saturated heterocycles. The molecule has 0 fully saturated rings. The highest BCUT2D eigenvalue weighted by molar-refractivity contribution is 6.30. The summed E-state index contributed by atoms with van der Waals surface area (Å²) in [5.41, 5.74) is 1.35. The maximum absolute atomic E-state index is 11.6. The van der Waals surface area contributed by atoms with Crippen LogP contribution in [0.5, 0.6) is 0 Å². The first-order chi connectivity index (χ1) is 9.65. The van der Waals surface area contributed by atoms with Gasteiger partial charge in [-0.05, 0) is 36.8 Å². The average molecular weight is 295 g/mol. The highest BCUT2D eigenvalue weighted by Crippen LogP contribution is 2.16. The van der Waals surface area contributed by atoms with Crippen molar-refractivity contribution in [3.63, 3.8) is 0 Å². The Morgan fingerprint density at radius 1 is 1.30 bits per heavy atom. The van der Waals surface area contributed by atoms with Gasteiger partial charge in [-0.25, -0.2) is 4.79 Å². The summed E-state index contributed by atoms with van der Waals surface area (Å²) >= 11 is 5.75. The van der Waals surface area contributed by atoms with Crippen LogP contribution in [0.4, 0.5) is 10.5 Å². The van der Waals surface area contributed by atoms with Crippen molar-refractivity contribution in [1.29, 1.82) is 0 Å². The molecule has 20 heavy (non-hydrogen) atoms. The number of benzene rings is 1. The number of hydrogen-bond acceptors (Lipinski definition) is 3. The summed E-state index contributed by atoms with van der Waals surface area (Å²) in [6, 6.07) is 8.18. The summed E-state index contributed by atoms with van der Waals surface area (Å²) < 4.78 is 4.88. The normalized spacial score (nSPS) is 11.9. The molecule has 0 aliphatic rings. The van der Waals surface area contributed by atoms with Gasteiger partial charge in [0, 0.05) is 22.8 Å². The van der Waals surface area contributed by atoms with Gasteiger partial charge in [0.2, 0.25) is 0 Å². The first-order valence-corrected chi connectivity index (χ1v) is 6.53. The van der Waals surface area contributed by atoms with E-state index in [1.807, 2.05) is 0 Å². The minimum absolute atomic E-state index is 0.327. The van der Waals surface area contributed by atoms with E-state index < -0.39 is 6.10 Å². The molecule has 1 unspecified atom stereocenters. The van der Waals surface area contributed by atoms with Crippen LogP contribution < -0.4 is 10.6 Å². The molecule has 0 aliphatic heterocycles. The number of furan rings is 1. The minimum atomic E-state index is -0.649. The van der Waals surface area contributed by atoms with E-state index in [-0.39, 0.29) is 6.03 Å². The highest BCUT2D eigenvalue weighted by atomic mass is 35.5. The molecule has 106 valence electrons. The Morgan fingerprint density at radius 2 is 2.05 bits per heavy atom. The second-order valence-corrected chi connectivity index (χ2v) is 4.69. The standard InChI is InChI=1S/C14H15ClN2O3/c15-11-1-3-12(4-2-11)17-14(19)16-7-5-13(18)10-6-8-20-9-10/h1-4,6,8-9,13,18H,5,7H2,(H2,16,17,19). The summed E-state index contributed by atoms with van der Waals surface area (Å²) in [5, 5.41) is 15.7. The summed E-state index contributed by atoms with van der Waals surface area (Å²) in [6.45, 7) is 0.353. The predicted molar refractivity (Wildman–Crippen MR) is 76.8 cm³/mol. The number of urea groups is 1. The summed E-state index contributed by atoms with van der Waals surface area (Å²) in [4.78, 5) is 11.6. The zero-order chi connectivity index (χ0) is 14.4. The van der Waals surface area contributed by atoms with Crippen molar-refractivity contribution in [2.45, 2.75) is 12.5 Å². The number of halogens is 1. The van der Waals surface area contributed by atoms with E-state index in [1.165, 1.54) is 12.5 Å². The van der Waals surface area contributed by atoms with Gasteiger partial charge in [-0.15, -0.1) is 0 Å². The largest absolute Gasteiger partial charge is 0.472 e. The van der Waals surface area contributed by atoms with Crippen LogP contribution in [0.3, 0.4) is 0 Å². The molecule has 2 aromatic rings. The van der Waals surface area contributed by atoms with Crippen molar-refractivity contribution >= 4 is 23.3 Å². The number of rotatable bonds is 5. The minimum Gasteiger partial charge on any atom is -0.472 e. The smallest absolute Gasteiger partial charge is 0.319 e. The molecule has 5 nitrogen and oxygen atoms in total. The Labute approximate surface area is 121 Å². The molecule has 0 saturated carbocycles. The first kappa shape index (κ1) is 14.4. The van der Waals surface area contributed by atoms with Gasteiger partial charge in [0.1, 0.15) is 0 Å². The van der Waals surface area contributed by atoms with E-state index in [4.69, 9.17) is 16.0 Å². The van der Waals surface area contributed by atoms with Gasteiger partial charge in [0.15, 0.2) is 0 Å². The molecule has 0 spiro atoms. The van der Waals surface area contributed by atoms with Gasteiger partial charge in [-0.1, -0.05) is 11.6 Å².